The van der Waals surface area contributed by atoms with Crippen molar-refractivity contribution in [2.75, 3.05) is 0 Å². The molecule has 0 saturated carbocycles. The van der Waals surface area contributed by atoms with Crippen molar-refractivity contribution in [3.05, 3.63) is 77.5 Å². The molecule has 3 aromatic rings. The summed E-state index contributed by atoms with van der Waals surface area (Å²) >= 11 is 0. The van der Waals surface area contributed by atoms with E-state index in [4.69, 9.17) is 0 Å². The molecule has 0 N–H and O–H groups in total. The van der Waals surface area contributed by atoms with Crippen LogP contribution in [0.1, 0.15) is 16.7 Å². The summed E-state index contributed by atoms with van der Waals surface area (Å²) in [5.41, 5.74) is 8.48. The molecular formula is C20H19N. The number of hydrogen-bond acceptors (Lipinski definition) is 1. The molecular weight excluding hydrogens is 254 g/mol. The van der Waals surface area contributed by atoms with Gasteiger partial charge >= 0.3 is 0 Å². The Labute approximate surface area is 126 Å². The lowest BCUT2D eigenvalue weighted by atomic mass is 9.97. The molecule has 3 rings (SSSR count). The second-order valence-electron chi connectivity index (χ2n) is 5.63. The van der Waals surface area contributed by atoms with E-state index in [0.717, 1.165) is 11.3 Å². The van der Waals surface area contributed by atoms with Gasteiger partial charge in [0.1, 0.15) is 0 Å². The molecule has 1 aromatic heterocycles. The minimum Gasteiger partial charge on any atom is -0.256 e. The van der Waals surface area contributed by atoms with Gasteiger partial charge in [-0.05, 0) is 38.0 Å². The molecule has 1 heterocycles. The van der Waals surface area contributed by atoms with Gasteiger partial charge < -0.3 is 0 Å². The average molecular weight is 273 g/mol. The van der Waals surface area contributed by atoms with Gasteiger partial charge in [-0.15, -0.1) is 0 Å². The lowest BCUT2D eigenvalue weighted by molar-refractivity contribution is 1.28. The molecule has 0 radical (unpaired) electrons. The van der Waals surface area contributed by atoms with Gasteiger partial charge in [-0.2, -0.15) is 0 Å². The second-order valence-corrected chi connectivity index (χ2v) is 5.63. The third-order valence-electron chi connectivity index (χ3n) is 3.71. The Hall–Kier alpha value is -2.41. The van der Waals surface area contributed by atoms with E-state index in [9.17, 15) is 0 Å². The van der Waals surface area contributed by atoms with Crippen LogP contribution in [0, 0.1) is 20.8 Å². The number of benzene rings is 2. The maximum Gasteiger partial charge on any atom is 0.0705 e. The standard InChI is InChI=1S/C20H19N/c1-14-9-15(2)11-18(10-14)19-13-21-20(12-16(19)3)17-7-5-4-6-8-17/h4-13H,1-3H3. The van der Waals surface area contributed by atoms with Crippen molar-refractivity contribution < 1.29 is 0 Å². The molecule has 0 atom stereocenters. The third kappa shape index (κ3) is 2.87. The zero-order chi connectivity index (χ0) is 14.8. The summed E-state index contributed by atoms with van der Waals surface area (Å²) in [5, 5.41) is 0. The SMILES string of the molecule is Cc1cc(C)cc(-c2cnc(-c3ccccc3)cc2C)c1. The number of rotatable bonds is 2. The Morgan fingerprint density at radius 1 is 0.714 bits per heavy atom. The zero-order valence-corrected chi connectivity index (χ0v) is 12.7. The Balaban J connectivity index is 2.06. The first-order chi connectivity index (χ1) is 10.1. The fourth-order valence-corrected chi connectivity index (χ4v) is 2.76. The van der Waals surface area contributed by atoms with Gasteiger partial charge in [0.15, 0.2) is 0 Å². The van der Waals surface area contributed by atoms with Crippen LogP contribution in [0.5, 0.6) is 0 Å². The Kier molecular flexibility index (Phi) is 3.57. The molecule has 2 aromatic carbocycles. The second kappa shape index (κ2) is 5.53. The van der Waals surface area contributed by atoms with E-state index in [1.807, 2.05) is 24.4 Å². The van der Waals surface area contributed by atoms with Crippen LogP contribution in [-0.4, -0.2) is 4.98 Å². The van der Waals surface area contributed by atoms with Crippen molar-refractivity contribution in [1.82, 2.24) is 4.98 Å². The maximum atomic E-state index is 4.65. The summed E-state index contributed by atoms with van der Waals surface area (Å²) in [5.74, 6) is 0. The highest BCUT2D eigenvalue weighted by atomic mass is 14.7. The van der Waals surface area contributed by atoms with Crippen LogP contribution in [0.2, 0.25) is 0 Å². The Morgan fingerprint density at radius 3 is 2.00 bits per heavy atom. The summed E-state index contributed by atoms with van der Waals surface area (Å²) in [4.78, 5) is 4.65. The van der Waals surface area contributed by atoms with Crippen molar-refractivity contribution in [2.45, 2.75) is 20.8 Å². The van der Waals surface area contributed by atoms with E-state index in [-0.39, 0.29) is 0 Å². The van der Waals surface area contributed by atoms with Crippen molar-refractivity contribution >= 4 is 0 Å². The predicted octanol–water partition coefficient (Wildman–Crippen LogP) is 5.34. The van der Waals surface area contributed by atoms with E-state index >= 15 is 0 Å². The number of nitrogens with zero attached hydrogens (tertiary/aromatic N) is 1. The number of aryl methyl sites for hydroxylation is 3. The Morgan fingerprint density at radius 2 is 1.38 bits per heavy atom. The fourth-order valence-electron chi connectivity index (χ4n) is 2.76. The van der Waals surface area contributed by atoms with Crippen LogP contribution in [-0.2, 0) is 0 Å². The van der Waals surface area contributed by atoms with E-state index in [0.29, 0.717) is 0 Å². The van der Waals surface area contributed by atoms with Gasteiger partial charge in [-0.25, -0.2) is 0 Å². The van der Waals surface area contributed by atoms with Gasteiger partial charge in [-0.3, -0.25) is 4.98 Å². The molecule has 0 fully saturated rings. The molecule has 0 unspecified atom stereocenters. The van der Waals surface area contributed by atoms with Crippen molar-refractivity contribution in [3.63, 3.8) is 0 Å². The maximum absolute atomic E-state index is 4.65. The van der Waals surface area contributed by atoms with Gasteiger partial charge in [0, 0.05) is 17.3 Å². The molecule has 0 amide bonds. The lowest BCUT2D eigenvalue weighted by Gasteiger charge is -2.10. The topological polar surface area (TPSA) is 12.9 Å². The van der Waals surface area contributed by atoms with Crippen LogP contribution < -0.4 is 0 Å². The molecule has 0 aliphatic carbocycles. The van der Waals surface area contributed by atoms with E-state index < -0.39 is 0 Å². The summed E-state index contributed by atoms with van der Waals surface area (Å²) in [6.07, 6.45) is 1.99. The number of hydrogen-bond donors (Lipinski definition) is 0. The van der Waals surface area contributed by atoms with Crippen molar-refractivity contribution in [3.8, 4) is 22.4 Å². The van der Waals surface area contributed by atoms with E-state index in [1.54, 1.807) is 0 Å². The molecule has 0 saturated heterocycles. The molecule has 0 bridgehead atoms. The lowest BCUT2D eigenvalue weighted by Crippen LogP contribution is -1.90. The van der Waals surface area contributed by atoms with Crippen LogP contribution in [0.15, 0.2) is 60.8 Å². The summed E-state index contributed by atoms with van der Waals surface area (Å²) in [6, 6.07) is 19.1. The van der Waals surface area contributed by atoms with Crippen LogP contribution in [0.3, 0.4) is 0 Å². The quantitative estimate of drug-likeness (QED) is 0.614. The largest absolute Gasteiger partial charge is 0.256 e. The predicted molar refractivity (Wildman–Crippen MR) is 89.3 cm³/mol. The third-order valence-corrected chi connectivity index (χ3v) is 3.71. The first-order valence-electron chi connectivity index (χ1n) is 7.24. The average Bonchev–Trinajstić information content (AvgIpc) is 2.47. The first-order valence-corrected chi connectivity index (χ1v) is 7.24. The van der Waals surface area contributed by atoms with E-state index in [1.165, 1.54) is 27.8 Å². The molecule has 21 heavy (non-hydrogen) atoms. The molecule has 1 heteroatoms. The fraction of sp³-hybridized carbons (Fsp3) is 0.150. The van der Waals surface area contributed by atoms with E-state index in [2.05, 4.69) is 62.2 Å². The highest BCUT2D eigenvalue weighted by molar-refractivity contribution is 5.71. The Bertz CT molecular complexity index is 753. The number of pyridine rings is 1. The van der Waals surface area contributed by atoms with Crippen molar-refractivity contribution in [2.24, 2.45) is 0 Å². The smallest absolute Gasteiger partial charge is 0.0705 e. The van der Waals surface area contributed by atoms with Gasteiger partial charge in [0.25, 0.3) is 0 Å². The summed E-state index contributed by atoms with van der Waals surface area (Å²) in [6.45, 7) is 6.43. The van der Waals surface area contributed by atoms with Gasteiger partial charge in [0.05, 0.1) is 5.69 Å². The monoisotopic (exact) mass is 273 g/mol. The van der Waals surface area contributed by atoms with Gasteiger partial charge in [-0.1, -0.05) is 59.7 Å². The number of aromatic nitrogens is 1. The molecule has 0 aliphatic heterocycles. The minimum absolute atomic E-state index is 1.03. The molecule has 0 spiro atoms. The van der Waals surface area contributed by atoms with Crippen LogP contribution in [0.25, 0.3) is 22.4 Å². The highest BCUT2D eigenvalue weighted by Crippen LogP contribution is 2.27. The normalized spacial score (nSPS) is 10.6. The molecule has 0 aliphatic rings. The van der Waals surface area contributed by atoms with Gasteiger partial charge in [0.2, 0.25) is 0 Å². The zero-order valence-electron chi connectivity index (χ0n) is 12.7. The molecule has 1 nitrogen and oxygen atoms in total. The first kappa shape index (κ1) is 13.6. The van der Waals surface area contributed by atoms with Crippen molar-refractivity contribution in [1.29, 1.82) is 0 Å². The van der Waals surface area contributed by atoms with Crippen LogP contribution in [0.4, 0.5) is 0 Å². The summed E-state index contributed by atoms with van der Waals surface area (Å²) < 4.78 is 0. The minimum atomic E-state index is 1.03. The summed E-state index contributed by atoms with van der Waals surface area (Å²) in [7, 11) is 0. The highest BCUT2D eigenvalue weighted by Gasteiger charge is 2.06. The molecule has 104 valence electrons. The van der Waals surface area contributed by atoms with Crippen LogP contribution >= 0.6 is 0 Å².